The number of carbonyl (C=O) groups is 1. The van der Waals surface area contributed by atoms with Crippen LogP contribution < -0.4 is 16.0 Å². The average Bonchev–Trinajstić information content (AvgIpc) is 2.50. The number of anilines is 1. The molecule has 1 aromatic carbocycles. The Balaban J connectivity index is 2.21. The van der Waals surface area contributed by atoms with Crippen molar-refractivity contribution in [3.8, 4) is 0 Å². The first kappa shape index (κ1) is 18.9. The topological polar surface area (TPSA) is 62.4 Å². The Morgan fingerprint density at radius 3 is 2.26 bits per heavy atom. The molecule has 0 spiro atoms. The van der Waals surface area contributed by atoms with Crippen molar-refractivity contribution < 1.29 is 9.53 Å². The number of benzene rings is 1. The molecule has 0 atom stereocenters. The van der Waals surface area contributed by atoms with Crippen molar-refractivity contribution >= 4 is 11.8 Å². The van der Waals surface area contributed by atoms with Gasteiger partial charge in [0.25, 0.3) is 0 Å². The Labute approximate surface area is 139 Å². The second-order valence-corrected chi connectivity index (χ2v) is 6.11. The number of hydrogen-bond acceptors (Lipinski definition) is 4. The molecule has 1 rings (SSSR count). The lowest BCUT2D eigenvalue weighted by Gasteiger charge is -2.13. The Morgan fingerprint density at radius 1 is 1.09 bits per heavy atom. The van der Waals surface area contributed by atoms with Crippen LogP contribution in [0.5, 0.6) is 0 Å². The molecule has 23 heavy (non-hydrogen) atoms. The molecule has 0 radical (unpaired) electrons. The molecule has 0 heterocycles. The molecule has 3 N–H and O–H groups in total. The predicted molar refractivity (Wildman–Crippen MR) is 95.4 cm³/mol. The molecule has 5 nitrogen and oxygen atoms in total. The van der Waals surface area contributed by atoms with Crippen LogP contribution >= 0.6 is 0 Å². The maximum Gasteiger partial charge on any atom is 0.407 e. The molecule has 0 aliphatic heterocycles. The summed E-state index contributed by atoms with van der Waals surface area (Å²) in [5.74, 6) is 0.384. The van der Waals surface area contributed by atoms with Gasteiger partial charge < -0.3 is 20.7 Å². The van der Waals surface area contributed by atoms with Crippen molar-refractivity contribution in [1.29, 1.82) is 0 Å². The molecule has 0 aliphatic carbocycles. The zero-order valence-corrected chi connectivity index (χ0v) is 14.6. The minimum absolute atomic E-state index is 0.264. The molecule has 0 aromatic heterocycles. The minimum Gasteiger partial charge on any atom is -0.445 e. The van der Waals surface area contributed by atoms with E-state index in [9.17, 15) is 4.79 Å². The lowest BCUT2D eigenvalue weighted by molar-refractivity contribution is 0.140. The van der Waals surface area contributed by atoms with Gasteiger partial charge in [-0.1, -0.05) is 32.6 Å². The van der Waals surface area contributed by atoms with Crippen LogP contribution in [0.25, 0.3) is 0 Å². The van der Waals surface area contributed by atoms with E-state index in [1.807, 2.05) is 24.3 Å². The van der Waals surface area contributed by atoms with Crippen LogP contribution in [-0.4, -0.2) is 25.2 Å². The van der Waals surface area contributed by atoms with Crippen molar-refractivity contribution in [2.75, 3.05) is 18.4 Å². The van der Waals surface area contributed by atoms with Crippen LogP contribution in [0.4, 0.5) is 10.5 Å². The van der Waals surface area contributed by atoms with Gasteiger partial charge in [-0.15, -0.1) is 0 Å². The van der Waals surface area contributed by atoms with Crippen molar-refractivity contribution in [1.82, 2.24) is 10.6 Å². The third kappa shape index (κ3) is 8.14. The summed E-state index contributed by atoms with van der Waals surface area (Å²) >= 11 is 0. The number of allylic oxidation sites excluding steroid dienone is 1. The van der Waals surface area contributed by atoms with Gasteiger partial charge in [0.15, 0.2) is 0 Å². The molecule has 0 fully saturated rings. The van der Waals surface area contributed by atoms with Gasteiger partial charge in [0.2, 0.25) is 0 Å². The zero-order chi connectivity index (χ0) is 17.2. The highest BCUT2D eigenvalue weighted by atomic mass is 16.5. The molecule has 0 saturated heterocycles. The molecular weight excluding hydrogens is 290 g/mol. The highest BCUT2D eigenvalue weighted by Gasteiger charge is 2.03. The van der Waals surface area contributed by atoms with Crippen LogP contribution in [-0.2, 0) is 11.3 Å². The molecule has 0 unspecified atom stereocenters. The summed E-state index contributed by atoms with van der Waals surface area (Å²) in [4.78, 5) is 11.6. The summed E-state index contributed by atoms with van der Waals surface area (Å²) in [6, 6.07) is 8.26. The molecular formula is C18H29N3O2. The van der Waals surface area contributed by atoms with Gasteiger partial charge in [0.1, 0.15) is 6.61 Å². The largest absolute Gasteiger partial charge is 0.445 e. The quantitative estimate of drug-likeness (QED) is 0.610. The van der Waals surface area contributed by atoms with Crippen molar-refractivity contribution in [2.24, 2.45) is 5.92 Å². The second-order valence-electron chi connectivity index (χ2n) is 6.11. The number of hydrogen-bond donors (Lipinski definition) is 3. The van der Waals surface area contributed by atoms with Crippen molar-refractivity contribution in [3.63, 3.8) is 0 Å². The molecule has 0 bridgehead atoms. The highest BCUT2D eigenvalue weighted by Crippen LogP contribution is 2.11. The van der Waals surface area contributed by atoms with Crippen LogP contribution in [0.1, 0.15) is 33.3 Å². The number of rotatable bonds is 9. The first-order valence-corrected chi connectivity index (χ1v) is 8.07. The van der Waals surface area contributed by atoms with Crippen LogP contribution in [0.2, 0.25) is 0 Å². The van der Waals surface area contributed by atoms with E-state index >= 15 is 0 Å². The Bertz CT molecular complexity index is 495. The van der Waals surface area contributed by atoms with Gasteiger partial charge in [0, 0.05) is 30.5 Å². The van der Waals surface area contributed by atoms with E-state index in [1.165, 1.54) is 0 Å². The normalized spacial score (nSPS) is 10.5. The third-order valence-corrected chi connectivity index (χ3v) is 3.22. The smallest absolute Gasteiger partial charge is 0.407 e. The lowest BCUT2D eigenvalue weighted by Crippen LogP contribution is -2.32. The predicted octanol–water partition coefficient (Wildman–Crippen LogP) is 3.49. The summed E-state index contributed by atoms with van der Waals surface area (Å²) in [5, 5.41) is 9.18. The number of carbonyl (C=O) groups excluding carboxylic acids is 1. The summed E-state index contributed by atoms with van der Waals surface area (Å²) in [5.41, 5.74) is 2.99. The Morgan fingerprint density at radius 2 is 1.70 bits per heavy atom. The maximum absolute atomic E-state index is 11.6. The molecule has 0 saturated carbocycles. The fraction of sp³-hybridized carbons (Fsp3) is 0.500. The monoisotopic (exact) mass is 319 g/mol. The molecule has 1 amide bonds. The van der Waals surface area contributed by atoms with Gasteiger partial charge >= 0.3 is 6.09 Å². The van der Waals surface area contributed by atoms with Gasteiger partial charge in [-0.05, 0) is 37.5 Å². The number of ether oxygens (including phenoxy) is 1. The Hall–Kier alpha value is -2.17. The van der Waals surface area contributed by atoms with Crippen molar-refractivity contribution in [2.45, 2.75) is 40.3 Å². The average molecular weight is 319 g/mol. The first-order valence-electron chi connectivity index (χ1n) is 8.07. The Kier molecular flexibility index (Phi) is 8.02. The SMILES string of the molecule is C=C(NCCNC(=O)OCc1ccc(NC(C)C)cc1)C(C)C. The van der Waals surface area contributed by atoms with E-state index in [2.05, 4.69) is 50.2 Å². The van der Waals surface area contributed by atoms with E-state index in [0.717, 1.165) is 16.9 Å². The number of nitrogens with one attached hydrogen (secondary N) is 3. The minimum atomic E-state index is -0.411. The van der Waals surface area contributed by atoms with E-state index in [1.54, 1.807) is 0 Å². The molecule has 0 aliphatic rings. The van der Waals surface area contributed by atoms with E-state index in [0.29, 0.717) is 25.0 Å². The maximum atomic E-state index is 11.6. The zero-order valence-electron chi connectivity index (χ0n) is 14.6. The molecule has 128 valence electrons. The van der Waals surface area contributed by atoms with Crippen LogP contribution in [0, 0.1) is 5.92 Å². The van der Waals surface area contributed by atoms with Gasteiger partial charge in [-0.25, -0.2) is 4.79 Å². The summed E-state index contributed by atoms with van der Waals surface area (Å²) in [6.07, 6.45) is -0.411. The summed E-state index contributed by atoms with van der Waals surface area (Å²) in [7, 11) is 0. The molecule has 5 heteroatoms. The summed E-state index contributed by atoms with van der Waals surface area (Å²) < 4.78 is 5.18. The van der Waals surface area contributed by atoms with Crippen LogP contribution in [0.3, 0.4) is 0 Å². The number of alkyl carbamates (subject to hydrolysis) is 1. The summed E-state index contributed by atoms with van der Waals surface area (Å²) in [6.45, 7) is 13.6. The standard InChI is InChI=1S/C18H29N3O2/c1-13(2)15(5)19-10-11-20-18(22)23-12-16-6-8-17(9-7-16)21-14(3)4/h6-9,13-14,19,21H,5,10-12H2,1-4H3,(H,20,22). The van der Waals surface area contributed by atoms with Gasteiger partial charge in [-0.2, -0.15) is 0 Å². The van der Waals surface area contributed by atoms with Crippen molar-refractivity contribution in [3.05, 3.63) is 42.1 Å². The highest BCUT2D eigenvalue weighted by molar-refractivity contribution is 5.67. The van der Waals surface area contributed by atoms with E-state index < -0.39 is 6.09 Å². The second kappa shape index (κ2) is 9.77. The van der Waals surface area contributed by atoms with Gasteiger partial charge in [0.05, 0.1) is 0 Å². The van der Waals surface area contributed by atoms with E-state index in [-0.39, 0.29) is 6.61 Å². The molecule has 1 aromatic rings. The van der Waals surface area contributed by atoms with Gasteiger partial charge in [-0.3, -0.25) is 0 Å². The lowest BCUT2D eigenvalue weighted by atomic mass is 10.1. The fourth-order valence-corrected chi connectivity index (χ4v) is 1.82. The number of amides is 1. The third-order valence-electron chi connectivity index (χ3n) is 3.22. The first-order chi connectivity index (χ1) is 10.9. The fourth-order valence-electron chi connectivity index (χ4n) is 1.82. The van der Waals surface area contributed by atoms with E-state index in [4.69, 9.17) is 4.74 Å². The van der Waals surface area contributed by atoms with Crippen LogP contribution in [0.15, 0.2) is 36.5 Å².